The SMILES string of the molecule is CC(C)(C)OC(=O)N1CCCC1(Cc1ccsc1)C(=O)O. The Kier molecular flexibility index (Phi) is 4.27. The fourth-order valence-corrected chi connectivity index (χ4v) is 3.34. The summed E-state index contributed by atoms with van der Waals surface area (Å²) in [6, 6.07) is 1.90. The first-order valence-corrected chi connectivity index (χ1v) is 7.94. The molecule has 1 aromatic rings. The van der Waals surface area contributed by atoms with Crippen LogP contribution in [0.2, 0.25) is 0 Å². The highest BCUT2D eigenvalue weighted by Crippen LogP contribution is 2.35. The standard InChI is InChI=1S/C15H21NO4S/c1-14(2,3)20-13(19)16-7-4-6-15(16,12(17)18)9-11-5-8-21-10-11/h5,8,10H,4,6-7,9H2,1-3H3,(H,17,18). The smallest absolute Gasteiger partial charge is 0.411 e. The van der Waals surface area contributed by atoms with E-state index in [0.717, 1.165) is 5.56 Å². The Labute approximate surface area is 128 Å². The van der Waals surface area contributed by atoms with Gasteiger partial charge < -0.3 is 9.84 Å². The number of carboxylic acid groups (broad SMARTS) is 1. The number of carboxylic acids is 1. The van der Waals surface area contributed by atoms with E-state index in [1.165, 1.54) is 16.2 Å². The lowest BCUT2D eigenvalue weighted by Crippen LogP contribution is -2.55. The number of hydrogen-bond donors (Lipinski definition) is 1. The van der Waals surface area contributed by atoms with Gasteiger partial charge in [0.15, 0.2) is 0 Å². The Hall–Kier alpha value is -1.56. The molecule has 1 unspecified atom stereocenters. The number of carbonyl (C=O) groups excluding carboxylic acids is 1. The fourth-order valence-electron chi connectivity index (χ4n) is 2.67. The molecule has 0 radical (unpaired) electrons. The second kappa shape index (κ2) is 5.67. The summed E-state index contributed by atoms with van der Waals surface area (Å²) in [5.41, 5.74) is -0.881. The molecule has 1 aliphatic heterocycles. The largest absolute Gasteiger partial charge is 0.479 e. The summed E-state index contributed by atoms with van der Waals surface area (Å²) < 4.78 is 5.37. The fraction of sp³-hybridized carbons (Fsp3) is 0.600. The van der Waals surface area contributed by atoms with Crippen LogP contribution in [0.25, 0.3) is 0 Å². The van der Waals surface area contributed by atoms with Crippen LogP contribution >= 0.6 is 11.3 Å². The molecule has 1 atom stereocenters. The number of aliphatic carboxylic acids is 1. The summed E-state index contributed by atoms with van der Waals surface area (Å²) in [7, 11) is 0. The zero-order chi connectivity index (χ0) is 15.7. The molecule has 6 heteroatoms. The number of thiophene rings is 1. The van der Waals surface area contributed by atoms with Gasteiger partial charge in [-0.25, -0.2) is 9.59 Å². The molecule has 0 aliphatic carbocycles. The third-order valence-corrected chi connectivity index (χ3v) is 4.31. The molecule has 2 heterocycles. The van der Waals surface area contributed by atoms with Crippen LogP contribution in [0.15, 0.2) is 16.8 Å². The molecule has 0 saturated carbocycles. The molecular weight excluding hydrogens is 290 g/mol. The molecule has 116 valence electrons. The van der Waals surface area contributed by atoms with Crippen molar-refractivity contribution >= 4 is 23.4 Å². The Bertz CT molecular complexity index is 520. The van der Waals surface area contributed by atoms with Crippen molar-refractivity contribution < 1.29 is 19.4 Å². The van der Waals surface area contributed by atoms with Crippen LogP contribution in [-0.4, -0.2) is 39.8 Å². The summed E-state index contributed by atoms with van der Waals surface area (Å²) in [4.78, 5) is 25.6. The van der Waals surface area contributed by atoms with Crippen molar-refractivity contribution in [1.82, 2.24) is 4.90 Å². The van der Waals surface area contributed by atoms with Crippen LogP contribution in [0, 0.1) is 0 Å². The van der Waals surface area contributed by atoms with Gasteiger partial charge >= 0.3 is 12.1 Å². The van der Waals surface area contributed by atoms with E-state index in [-0.39, 0.29) is 0 Å². The quantitative estimate of drug-likeness (QED) is 0.931. The first kappa shape index (κ1) is 15.8. The molecule has 0 bridgehead atoms. The number of amides is 1. The molecule has 0 spiro atoms. The maximum Gasteiger partial charge on any atom is 0.411 e. The van der Waals surface area contributed by atoms with Crippen molar-refractivity contribution in [2.24, 2.45) is 0 Å². The molecule has 5 nitrogen and oxygen atoms in total. The number of nitrogens with zero attached hydrogens (tertiary/aromatic N) is 1. The summed E-state index contributed by atoms with van der Waals surface area (Å²) in [6.07, 6.45) is 0.913. The molecule has 2 rings (SSSR count). The van der Waals surface area contributed by atoms with Crippen LogP contribution < -0.4 is 0 Å². The minimum Gasteiger partial charge on any atom is -0.479 e. The van der Waals surface area contributed by atoms with Crippen molar-refractivity contribution in [1.29, 1.82) is 0 Å². The Morgan fingerprint density at radius 3 is 2.71 bits per heavy atom. The normalized spacial score (nSPS) is 22.3. The Morgan fingerprint density at radius 1 is 1.48 bits per heavy atom. The lowest BCUT2D eigenvalue weighted by atomic mass is 9.89. The van der Waals surface area contributed by atoms with Crippen molar-refractivity contribution in [2.75, 3.05) is 6.54 Å². The maximum absolute atomic E-state index is 12.4. The third kappa shape index (κ3) is 3.37. The van der Waals surface area contributed by atoms with E-state index in [0.29, 0.717) is 25.8 Å². The topological polar surface area (TPSA) is 66.8 Å². The molecule has 0 aromatic carbocycles. The number of rotatable bonds is 3. The van der Waals surface area contributed by atoms with Gasteiger partial charge in [0.2, 0.25) is 0 Å². The highest BCUT2D eigenvalue weighted by molar-refractivity contribution is 7.07. The average molecular weight is 311 g/mol. The molecule has 1 amide bonds. The van der Waals surface area contributed by atoms with Gasteiger partial charge in [0, 0.05) is 13.0 Å². The molecule has 1 N–H and O–H groups in total. The first-order chi connectivity index (χ1) is 9.74. The molecule has 21 heavy (non-hydrogen) atoms. The minimum atomic E-state index is -1.19. The van der Waals surface area contributed by atoms with Gasteiger partial charge in [-0.3, -0.25) is 4.90 Å². The van der Waals surface area contributed by atoms with E-state index in [9.17, 15) is 14.7 Å². The van der Waals surface area contributed by atoms with Gasteiger partial charge in [0.25, 0.3) is 0 Å². The van der Waals surface area contributed by atoms with E-state index in [4.69, 9.17) is 4.74 Å². The maximum atomic E-state index is 12.4. The van der Waals surface area contributed by atoms with E-state index in [1.54, 1.807) is 20.8 Å². The van der Waals surface area contributed by atoms with E-state index >= 15 is 0 Å². The molecule has 1 aliphatic rings. The molecule has 1 saturated heterocycles. The minimum absolute atomic E-state index is 0.324. The van der Waals surface area contributed by atoms with Crippen LogP contribution in [0.4, 0.5) is 4.79 Å². The van der Waals surface area contributed by atoms with Gasteiger partial charge in [-0.05, 0) is 56.0 Å². The Balaban J connectivity index is 2.26. The summed E-state index contributed by atoms with van der Waals surface area (Å²) >= 11 is 1.53. The summed E-state index contributed by atoms with van der Waals surface area (Å²) in [6.45, 7) is 5.76. The highest BCUT2D eigenvalue weighted by Gasteiger charge is 2.51. The molecular formula is C15H21NO4S. The van der Waals surface area contributed by atoms with Crippen LogP contribution in [0.1, 0.15) is 39.2 Å². The van der Waals surface area contributed by atoms with Crippen molar-refractivity contribution in [3.8, 4) is 0 Å². The monoisotopic (exact) mass is 311 g/mol. The van der Waals surface area contributed by atoms with Gasteiger partial charge in [0.05, 0.1) is 0 Å². The third-order valence-electron chi connectivity index (χ3n) is 3.58. The zero-order valence-electron chi connectivity index (χ0n) is 12.6. The number of likely N-dealkylation sites (tertiary alicyclic amines) is 1. The van der Waals surface area contributed by atoms with Gasteiger partial charge in [-0.15, -0.1) is 0 Å². The zero-order valence-corrected chi connectivity index (χ0v) is 13.4. The van der Waals surface area contributed by atoms with E-state index in [1.807, 2.05) is 16.8 Å². The van der Waals surface area contributed by atoms with Gasteiger partial charge in [-0.1, -0.05) is 0 Å². The van der Waals surface area contributed by atoms with E-state index < -0.39 is 23.2 Å². The Morgan fingerprint density at radius 2 is 2.19 bits per heavy atom. The average Bonchev–Trinajstić information content (AvgIpc) is 2.96. The van der Waals surface area contributed by atoms with Crippen molar-refractivity contribution in [3.63, 3.8) is 0 Å². The van der Waals surface area contributed by atoms with Crippen molar-refractivity contribution in [2.45, 2.75) is 51.2 Å². The van der Waals surface area contributed by atoms with Gasteiger partial charge in [0.1, 0.15) is 11.1 Å². The lowest BCUT2D eigenvalue weighted by Gasteiger charge is -2.35. The van der Waals surface area contributed by atoms with Gasteiger partial charge in [-0.2, -0.15) is 11.3 Å². The first-order valence-electron chi connectivity index (χ1n) is 7.00. The number of ether oxygens (including phenoxy) is 1. The van der Waals surface area contributed by atoms with Crippen LogP contribution in [0.5, 0.6) is 0 Å². The predicted octanol–water partition coefficient (Wildman–Crippen LogP) is 3.14. The van der Waals surface area contributed by atoms with Crippen molar-refractivity contribution in [3.05, 3.63) is 22.4 Å². The highest BCUT2D eigenvalue weighted by atomic mass is 32.1. The lowest BCUT2D eigenvalue weighted by molar-refractivity contribution is -0.149. The number of hydrogen-bond acceptors (Lipinski definition) is 4. The molecule has 1 aromatic heterocycles. The molecule has 1 fully saturated rings. The second-order valence-corrected chi connectivity index (χ2v) is 7.16. The predicted molar refractivity (Wildman–Crippen MR) is 80.6 cm³/mol. The van der Waals surface area contributed by atoms with Crippen LogP contribution in [-0.2, 0) is 16.0 Å². The van der Waals surface area contributed by atoms with Crippen LogP contribution in [0.3, 0.4) is 0 Å². The summed E-state index contributed by atoms with van der Waals surface area (Å²) in [5, 5.41) is 13.6. The summed E-state index contributed by atoms with van der Waals surface area (Å²) in [5.74, 6) is -0.961. The van der Waals surface area contributed by atoms with E-state index in [2.05, 4.69) is 0 Å². The second-order valence-electron chi connectivity index (χ2n) is 6.38. The number of carbonyl (C=O) groups is 2.